The van der Waals surface area contributed by atoms with Gasteiger partial charge in [0, 0.05) is 25.2 Å². The fourth-order valence-electron chi connectivity index (χ4n) is 1.38. The van der Waals surface area contributed by atoms with Crippen LogP contribution in [0.4, 0.5) is 13.2 Å². The first-order valence-electron chi connectivity index (χ1n) is 5.09. The van der Waals surface area contributed by atoms with Crippen molar-refractivity contribution in [1.29, 1.82) is 0 Å². The van der Waals surface area contributed by atoms with E-state index in [0.717, 1.165) is 18.9 Å². The summed E-state index contributed by atoms with van der Waals surface area (Å²) in [5, 5.41) is 0. The van der Waals surface area contributed by atoms with Gasteiger partial charge in [-0.25, -0.2) is 4.79 Å². The third-order valence-electron chi connectivity index (χ3n) is 2.16. The molecular weight excluding hydrogens is 239 g/mol. The Morgan fingerprint density at radius 1 is 1.18 bits per heavy atom. The number of rotatable bonds is 3. The summed E-state index contributed by atoms with van der Waals surface area (Å²) >= 11 is 0. The molecule has 1 amide bonds. The molecule has 1 aliphatic rings. The van der Waals surface area contributed by atoms with Gasteiger partial charge in [-0.2, -0.15) is 13.2 Å². The van der Waals surface area contributed by atoms with Gasteiger partial charge in [0.15, 0.2) is 6.61 Å². The molecule has 0 spiro atoms. The third-order valence-corrected chi connectivity index (χ3v) is 2.16. The molecule has 0 N–H and O–H groups in total. The molecule has 0 aliphatic carbocycles. The summed E-state index contributed by atoms with van der Waals surface area (Å²) in [5.74, 6) is -1.55. The maximum atomic E-state index is 11.7. The minimum atomic E-state index is -4.55. The van der Waals surface area contributed by atoms with E-state index in [1.807, 2.05) is 0 Å². The minimum absolute atomic E-state index is 0.383. The summed E-state index contributed by atoms with van der Waals surface area (Å²) in [6.45, 7) is -0.421. The van der Waals surface area contributed by atoms with Gasteiger partial charge in [0.05, 0.1) is 0 Å². The van der Waals surface area contributed by atoms with Gasteiger partial charge in [0.2, 0.25) is 5.91 Å². The lowest BCUT2D eigenvalue weighted by molar-refractivity contribution is -0.182. The van der Waals surface area contributed by atoms with Crippen LogP contribution >= 0.6 is 0 Å². The van der Waals surface area contributed by atoms with Crippen LogP contribution in [0.25, 0.3) is 0 Å². The molecule has 0 atom stereocenters. The fourth-order valence-corrected chi connectivity index (χ4v) is 1.38. The van der Waals surface area contributed by atoms with Crippen molar-refractivity contribution in [2.75, 3.05) is 19.7 Å². The average Bonchev–Trinajstić information content (AvgIpc) is 2.75. The van der Waals surface area contributed by atoms with Crippen molar-refractivity contribution in [2.24, 2.45) is 0 Å². The van der Waals surface area contributed by atoms with E-state index in [-0.39, 0.29) is 5.91 Å². The molecule has 1 saturated heterocycles. The number of esters is 1. The molecule has 0 aromatic carbocycles. The zero-order valence-corrected chi connectivity index (χ0v) is 9.00. The number of ether oxygens (including phenoxy) is 1. The molecule has 0 bridgehead atoms. The number of likely N-dealkylation sites (tertiary alicyclic amines) is 1. The summed E-state index contributed by atoms with van der Waals surface area (Å²) in [4.78, 5) is 23.7. The van der Waals surface area contributed by atoms with Gasteiger partial charge < -0.3 is 9.64 Å². The van der Waals surface area contributed by atoms with Gasteiger partial charge in [0.1, 0.15) is 0 Å². The second kappa shape index (κ2) is 5.70. The van der Waals surface area contributed by atoms with Crippen molar-refractivity contribution in [3.8, 4) is 0 Å². The van der Waals surface area contributed by atoms with E-state index in [1.54, 1.807) is 0 Å². The lowest BCUT2D eigenvalue weighted by Crippen LogP contribution is -2.26. The summed E-state index contributed by atoms with van der Waals surface area (Å²) in [6.07, 6.45) is -1.10. The summed E-state index contributed by atoms with van der Waals surface area (Å²) < 4.78 is 39.0. The highest BCUT2D eigenvalue weighted by Crippen LogP contribution is 2.14. The van der Waals surface area contributed by atoms with Crippen LogP contribution in [0.3, 0.4) is 0 Å². The molecule has 0 aromatic rings. The van der Waals surface area contributed by atoms with Crippen LogP contribution in [0.15, 0.2) is 12.2 Å². The van der Waals surface area contributed by atoms with E-state index in [0.29, 0.717) is 19.2 Å². The van der Waals surface area contributed by atoms with E-state index in [9.17, 15) is 22.8 Å². The first-order valence-corrected chi connectivity index (χ1v) is 5.09. The summed E-state index contributed by atoms with van der Waals surface area (Å²) in [6, 6.07) is 0. The third kappa shape index (κ3) is 5.37. The van der Waals surface area contributed by atoms with Crippen molar-refractivity contribution >= 4 is 11.9 Å². The Bertz CT molecular complexity index is 319. The van der Waals surface area contributed by atoms with Gasteiger partial charge >= 0.3 is 12.1 Å². The van der Waals surface area contributed by atoms with Crippen LogP contribution in [0.5, 0.6) is 0 Å². The van der Waals surface area contributed by atoms with E-state index in [4.69, 9.17) is 0 Å². The highest BCUT2D eigenvalue weighted by atomic mass is 19.4. The zero-order valence-electron chi connectivity index (χ0n) is 9.00. The van der Waals surface area contributed by atoms with Crippen LogP contribution in [-0.4, -0.2) is 42.6 Å². The van der Waals surface area contributed by atoms with E-state index in [2.05, 4.69) is 4.74 Å². The second-order valence-corrected chi connectivity index (χ2v) is 3.59. The molecule has 1 aliphatic heterocycles. The predicted octanol–water partition coefficient (Wildman–Crippen LogP) is 1.27. The maximum Gasteiger partial charge on any atom is 0.422 e. The molecule has 1 rings (SSSR count). The Kier molecular flexibility index (Phi) is 4.53. The number of halogens is 3. The van der Waals surface area contributed by atoms with Crippen LogP contribution in [0, 0.1) is 0 Å². The summed E-state index contributed by atoms with van der Waals surface area (Å²) in [5.41, 5.74) is 0. The average molecular weight is 251 g/mol. The van der Waals surface area contributed by atoms with Crippen molar-refractivity contribution in [3.63, 3.8) is 0 Å². The molecule has 17 heavy (non-hydrogen) atoms. The van der Waals surface area contributed by atoms with Crippen molar-refractivity contribution in [3.05, 3.63) is 12.2 Å². The number of hydrogen-bond acceptors (Lipinski definition) is 3. The number of nitrogens with zero attached hydrogens (tertiary/aromatic N) is 1. The van der Waals surface area contributed by atoms with Crippen LogP contribution in [-0.2, 0) is 14.3 Å². The zero-order chi connectivity index (χ0) is 12.9. The predicted molar refractivity (Wildman–Crippen MR) is 52.0 cm³/mol. The highest BCUT2D eigenvalue weighted by Gasteiger charge is 2.29. The quantitative estimate of drug-likeness (QED) is 0.560. The molecule has 7 heteroatoms. The number of alkyl halides is 3. The summed E-state index contributed by atoms with van der Waals surface area (Å²) in [7, 11) is 0. The Labute approximate surface area is 96.0 Å². The van der Waals surface area contributed by atoms with Gasteiger partial charge in [0.25, 0.3) is 0 Å². The van der Waals surface area contributed by atoms with E-state index < -0.39 is 18.8 Å². The first-order chi connectivity index (χ1) is 7.88. The van der Waals surface area contributed by atoms with Gasteiger partial charge in [-0.05, 0) is 12.8 Å². The number of carbonyl (C=O) groups is 2. The number of carbonyl (C=O) groups excluding carboxylic acids is 2. The van der Waals surface area contributed by atoms with Gasteiger partial charge in [-0.3, -0.25) is 4.79 Å². The standard InChI is InChI=1S/C10H12F3NO3/c11-10(12,13)7-17-9(16)4-3-8(15)14-5-1-2-6-14/h3-4H,1-2,5-7H2/b4-3+. The SMILES string of the molecule is O=C(/C=C/C(=O)N1CCCC1)OCC(F)(F)F. The molecule has 0 radical (unpaired) electrons. The molecule has 96 valence electrons. The Morgan fingerprint density at radius 3 is 2.29 bits per heavy atom. The lowest BCUT2D eigenvalue weighted by Gasteiger charge is -2.11. The van der Waals surface area contributed by atoms with Crippen molar-refractivity contribution in [2.45, 2.75) is 19.0 Å². The first kappa shape index (κ1) is 13.5. The topological polar surface area (TPSA) is 46.6 Å². The van der Waals surface area contributed by atoms with E-state index >= 15 is 0 Å². The Hall–Kier alpha value is -1.53. The second-order valence-electron chi connectivity index (χ2n) is 3.59. The van der Waals surface area contributed by atoms with E-state index in [1.165, 1.54) is 4.90 Å². The fraction of sp³-hybridized carbons (Fsp3) is 0.600. The highest BCUT2D eigenvalue weighted by molar-refractivity contribution is 5.94. The largest absolute Gasteiger partial charge is 0.453 e. The number of hydrogen-bond donors (Lipinski definition) is 0. The maximum absolute atomic E-state index is 11.7. The molecule has 0 unspecified atom stereocenters. The van der Waals surface area contributed by atoms with Crippen LogP contribution in [0.1, 0.15) is 12.8 Å². The van der Waals surface area contributed by atoms with Crippen LogP contribution in [0.2, 0.25) is 0 Å². The van der Waals surface area contributed by atoms with Gasteiger partial charge in [-0.1, -0.05) is 0 Å². The van der Waals surface area contributed by atoms with Crippen LogP contribution < -0.4 is 0 Å². The molecule has 1 fully saturated rings. The Morgan fingerprint density at radius 2 is 1.76 bits per heavy atom. The number of amides is 1. The smallest absolute Gasteiger partial charge is 0.422 e. The molecule has 4 nitrogen and oxygen atoms in total. The lowest BCUT2D eigenvalue weighted by atomic mass is 10.4. The minimum Gasteiger partial charge on any atom is -0.453 e. The molecular formula is C10H12F3NO3. The Balaban J connectivity index is 2.32. The molecule has 0 aromatic heterocycles. The van der Waals surface area contributed by atoms with Gasteiger partial charge in [-0.15, -0.1) is 0 Å². The monoisotopic (exact) mass is 251 g/mol. The molecule has 1 heterocycles. The normalized spacial score (nSPS) is 16.5. The van der Waals surface area contributed by atoms with Crippen molar-refractivity contribution < 1.29 is 27.5 Å². The molecule has 0 saturated carbocycles. The van der Waals surface area contributed by atoms with Crippen molar-refractivity contribution in [1.82, 2.24) is 4.90 Å².